The highest BCUT2D eigenvalue weighted by molar-refractivity contribution is 4.58. The second-order valence-electron chi connectivity index (χ2n) is 5.20. The van der Waals surface area contributed by atoms with Gasteiger partial charge in [-0.3, -0.25) is 0 Å². The zero-order valence-corrected chi connectivity index (χ0v) is 10.0. The first kappa shape index (κ1) is 13.0. The van der Waals surface area contributed by atoms with Crippen LogP contribution >= 0.6 is 0 Å². The fourth-order valence-corrected chi connectivity index (χ4v) is 1.21. The van der Waals surface area contributed by atoms with Crippen LogP contribution in [0.4, 0.5) is 0 Å². The highest BCUT2D eigenvalue weighted by atomic mass is 16.5. The summed E-state index contributed by atoms with van der Waals surface area (Å²) in [7, 11) is 0. The number of hydrogen-bond acceptors (Lipinski definition) is 1. The summed E-state index contributed by atoms with van der Waals surface area (Å²) in [5.74, 6) is 0.850. The van der Waals surface area contributed by atoms with E-state index in [9.17, 15) is 0 Å². The average Bonchev–Trinajstić information content (AvgIpc) is 1.93. The standard InChI is InChI=1S/C12H26O/c1-11(2)9-7-6-8-10-13-12(3,4)5/h11H,6-10H2,1-5H3. The van der Waals surface area contributed by atoms with E-state index in [0.29, 0.717) is 0 Å². The molecule has 0 aliphatic heterocycles. The number of ether oxygens (including phenoxy) is 1. The van der Waals surface area contributed by atoms with Gasteiger partial charge in [0.25, 0.3) is 0 Å². The molecule has 0 aromatic rings. The highest BCUT2D eigenvalue weighted by Crippen LogP contribution is 2.11. The summed E-state index contributed by atoms with van der Waals surface area (Å²) in [5.41, 5.74) is 0.0397. The molecule has 0 fully saturated rings. The lowest BCUT2D eigenvalue weighted by Crippen LogP contribution is -2.19. The van der Waals surface area contributed by atoms with Crippen LogP contribution in [0.5, 0.6) is 0 Å². The van der Waals surface area contributed by atoms with E-state index in [4.69, 9.17) is 4.74 Å². The molecule has 80 valence electrons. The molecule has 0 aliphatic rings. The Hall–Kier alpha value is -0.0400. The molecular formula is C12H26O. The van der Waals surface area contributed by atoms with Crippen molar-refractivity contribution in [3.8, 4) is 0 Å². The molecule has 0 atom stereocenters. The van der Waals surface area contributed by atoms with E-state index in [0.717, 1.165) is 12.5 Å². The Morgan fingerprint density at radius 2 is 1.62 bits per heavy atom. The molecule has 0 saturated heterocycles. The van der Waals surface area contributed by atoms with Crippen molar-refractivity contribution in [2.75, 3.05) is 6.61 Å². The van der Waals surface area contributed by atoms with Crippen molar-refractivity contribution in [2.24, 2.45) is 5.92 Å². The molecule has 0 aromatic carbocycles. The van der Waals surface area contributed by atoms with Crippen molar-refractivity contribution in [1.82, 2.24) is 0 Å². The normalized spacial score (nSPS) is 12.5. The van der Waals surface area contributed by atoms with Crippen LogP contribution in [0.15, 0.2) is 0 Å². The third kappa shape index (κ3) is 12.0. The van der Waals surface area contributed by atoms with Gasteiger partial charge < -0.3 is 4.74 Å². The van der Waals surface area contributed by atoms with Gasteiger partial charge in [-0.1, -0.05) is 33.1 Å². The molecule has 0 radical (unpaired) electrons. The van der Waals surface area contributed by atoms with Crippen LogP contribution in [-0.2, 0) is 4.74 Å². The molecular weight excluding hydrogens is 160 g/mol. The fourth-order valence-electron chi connectivity index (χ4n) is 1.21. The molecule has 0 saturated carbocycles. The summed E-state index contributed by atoms with van der Waals surface area (Å²) in [6, 6.07) is 0. The van der Waals surface area contributed by atoms with Gasteiger partial charge in [-0.15, -0.1) is 0 Å². The van der Waals surface area contributed by atoms with Crippen LogP contribution < -0.4 is 0 Å². The fraction of sp³-hybridized carbons (Fsp3) is 1.00. The van der Waals surface area contributed by atoms with E-state index >= 15 is 0 Å². The van der Waals surface area contributed by atoms with Gasteiger partial charge in [-0.2, -0.15) is 0 Å². The van der Waals surface area contributed by atoms with Crippen LogP contribution in [-0.4, -0.2) is 12.2 Å². The average molecular weight is 186 g/mol. The van der Waals surface area contributed by atoms with Crippen LogP contribution in [0.1, 0.15) is 60.3 Å². The Labute approximate surface area is 83.9 Å². The molecule has 0 spiro atoms. The number of rotatable bonds is 6. The number of hydrogen-bond donors (Lipinski definition) is 0. The van der Waals surface area contributed by atoms with Gasteiger partial charge in [0, 0.05) is 6.61 Å². The monoisotopic (exact) mass is 186 g/mol. The summed E-state index contributed by atoms with van der Waals surface area (Å²) in [4.78, 5) is 0. The first-order valence-electron chi connectivity index (χ1n) is 5.56. The smallest absolute Gasteiger partial charge is 0.0598 e. The molecule has 0 aliphatic carbocycles. The largest absolute Gasteiger partial charge is 0.376 e. The van der Waals surface area contributed by atoms with E-state index in [1.807, 2.05) is 0 Å². The Morgan fingerprint density at radius 1 is 1.00 bits per heavy atom. The van der Waals surface area contributed by atoms with E-state index in [2.05, 4.69) is 34.6 Å². The maximum absolute atomic E-state index is 5.64. The van der Waals surface area contributed by atoms with Gasteiger partial charge in [-0.05, 0) is 33.1 Å². The maximum Gasteiger partial charge on any atom is 0.0598 e. The quantitative estimate of drug-likeness (QED) is 0.569. The van der Waals surface area contributed by atoms with E-state index in [1.165, 1.54) is 25.7 Å². The zero-order valence-electron chi connectivity index (χ0n) is 10.0. The third-order valence-corrected chi connectivity index (χ3v) is 1.96. The van der Waals surface area contributed by atoms with Gasteiger partial charge in [0.15, 0.2) is 0 Å². The molecule has 0 amide bonds. The lowest BCUT2D eigenvalue weighted by atomic mass is 10.1. The molecule has 1 heteroatoms. The maximum atomic E-state index is 5.64. The van der Waals surface area contributed by atoms with Crippen LogP contribution in [0.25, 0.3) is 0 Å². The number of unbranched alkanes of at least 4 members (excludes halogenated alkanes) is 2. The van der Waals surface area contributed by atoms with Crippen LogP contribution in [0.3, 0.4) is 0 Å². The van der Waals surface area contributed by atoms with E-state index < -0.39 is 0 Å². The van der Waals surface area contributed by atoms with Crippen LogP contribution in [0, 0.1) is 5.92 Å². The van der Waals surface area contributed by atoms with Crippen molar-refractivity contribution in [3.63, 3.8) is 0 Å². The summed E-state index contributed by atoms with van der Waals surface area (Å²) in [5, 5.41) is 0. The first-order valence-corrected chi connectivity index (χ1v) is 5.56. The topological polar surface area (TPSA) is 9.23 Å². The van der Waals surface area contributed by atoms with Gasteiger partial charge in [0.2, 0.25) is 0 Å². The zero-order chi connectivity index (χ0) is 10.3. The lowest BCUT2D eigenvalue weighted by Gasteiger charge is -2.19. The van der Waals surface area contributed by atoms with Crippen molar-refractivity contribution in [3.05, 3.63) is 0 Å². The Balaban J connectivity index is 3.09. The van der Waals surface area contributed by atoms with Gasteiger partial charge >= 0.3 is 0 Å². The highest BCUT2D eigenvalue weighted by Gasteiger charge is 2.08. The summed E-state index contributed by atoms with van der Waals surface area (Å²) in [6.45, 7) is 11.8. The minimum atomic E-state index is 0.0397. The minimum absolute atomic E-state index is 0.0397. The second kappa shape index (κ2) is 6.42. The second-order valence-corrected chi connectivity index (χ2v) is 5.20. The first-order chi connectivity index (χ1) is 5.92. The Morgan fingerprint density at radius 3 is 2.08 bits per heavy atom. The van der Waals surface area contributed by atoms with Crippen molar-refractivity contribution in [1.29, 1.82) is 0 Å². The molecule has 0 rings (SSSR count). The minimum Gasteiger partial charge on any atom is -0.376 e. The van der Waals surface area contributed by atoms with E-state index in [1.54, 1.807) is 0 Å². The Bertz CT molecular complexity index is 111. The molecule has 0 heterocycles. The molecule has 0 N–H and O–H groups in total. The SMILES string of the molecule is CC(C)CCCCCOC(C)(C)C. The van der Waals surface area contributed by atoms with E-state index in [-0.39, 0.29) is 5.60 Å². The molecule has 1 nitrogen and oxygen atoms in total. The molecule has 0 unspecified atom stereocenters. The van der Waals surface area contributed by atoms with Crippen molar-refractivity contribution >= 4 is 0 Å². The van der Waals surface area contributed by atoms with Crippen molar-refractivity contribution in [2.45, 2.75) is 65.9 Å². The molecule has 13 heavy (non-hydrogen) atoms. The van der Waals surface area contributed by atoms with Gasteiger partial charge in [0.1, 0.15) is 0 Å². The van der Waals surface area contributed by atoms with Gasteiger partial charge in [-0.25, -0.2) is 0 Å². The summed E-state index contributed by atoms with van der Waals surface area (Å²) < 4.78 is 5.64. The van der Waals surface area contributed by atoms with Gasteiger partial charge in [0.05, 0.1) is 5.60 Å². The van der Waals surface area contributed by atoms with Crippen molar-refractivity contribution < 1.29 is 4.74 Å². The summed E-state index contributed by atoms with van der Waals surface area (Å²) in [6.07, 6.45) is 5.24. The Kier molecular flexibility index (Phi) is 6.40. The molecule has 0 aromatic heterocycles. The predicted octanol–water partition coefficient (Wildman–Crippen LogP) is 4.02. The molecule has 0 bridgehead atoms. The third-order valence-electron chi connectivity index (χ3n) is 1.96. The lowest BCUT2D eigenvalue weighted by molar-refractivity contribution is -0.00480. The predicted molar refractivity (Wildman–Crippen MR) is 59.0 cm³/mol. The summed E-state index contributed by atoms with van der Waals surface area (Å²) >= 11 is 0. The van der Waals surface area contributed by atoms with Crippen LogP contribution in [0.2, 0.25) is 0 Å².